The maximum atomic E-state index is 13.0. The van der Waals surface area contributed by atoms with Crippen LogP contribution in [0.4, 0.5) is 10.1 Å². The van der Waals surface area contributed by atoms with Crippen LogP contribution in [0, 0.1) is 5.82 Å². The van der Waals surface area contributed by atoms with Gasteiger partial charge in [0.25, 0.3) is 0 Å². The SMILES string of the molecule is O=C(COC(=O)c1ccc(N2C(=O)CC(Sc3ccccc3C(=O)O)C2=O)cc1)c1ccc(F)cc1. The van der Waals surface area contributed by atoms with Crippen LogP contribution in [-0.4, -0.2) is 46.5 Å². The van der Waals surface area contributed by atoms with Gasteiger partial charge in [0.15, 0.2) is 12.4 Å². The summed E-state index contributed by atoms with van der Waals surface area (Å²) < 4.78 is 18.0. The number of carbonyl (C=O) groups excluding carboxylic acids is 4. The Balaban J connectivity index is 1.40. The number of hydrogen-bond donors (Lipinski definition) is 1. The third-order valence-corrected chi connectivity index (χ3v) is 6.62. The van der Waals surface area contributed by atoms with Crippen molar-refractivity contribution in [2.24, 2.45) is 0 Å². The van der Waals surface area contributed by atoms with Gasteiger partial charge in [-0.2, -0.15) is 0 Å². The monoisotopic (exact) mass is 507 g/mol. The fourth-order valence-corrected chi connectivity index (χ4v) is 4.72. The summed E-state index contributed by atoms with van der Waals surface area (Å²) in [4.78, 5) is 62.7. The summed E-state index contributed by atoms with van der Waals surface area (Å²) in [6, 6.07) is 16.6. The highest BCUT2D eigenvalue weighted by molar-refractivity contribution is 8.00. The Morgan fingerprint density at radius 2 is 1.58 bits per heavy atom. The first kappa shape index (κ1) is 24.8. The molecule has 0 saturated carbocycles. The summed E-state index contributed by atoms with van der Waals surface area (Å²) in [6.07, 6.45) is -0.104. The zero-order valence-corrected chi connectivity index (χ0v) is 19.4. The van der Waals surface area contributed by atoms with E-state index in [1.807, 2.05) is 0 Å². The second-order valence-corrected chi connectivity index (χ2v) is 8.98. The van der Waals surface area contributed by atoms with Crippen LogP contribution in [0.5, 0.6) is 0 Å². The number of carboxylic acids is 1. The van der Waals surface area contributed by atoms with Gasteiger partial charge in [-0.05, 0) is 60.7 Å². The first-order valence-corrected chi connectivity index (χ1v) is 11.5. The minimum atomic E-state index is -1.13. The fraction of sp³-hybridized carbons (Fsp3) is 0.115. The van der Waals surface area contributed by atoms with Gasteiger partial charge in [-0.25, -0.2) is 18.9 Å². The Morgan fingerprint density at radius 3 is 2.25 bits per heavy atom. The Bertz CT molecular complexity index is 1360. The van der Waals surface area contributed by atoms with E-state index >= 15 is 0 Å². The lowest BCUT2D eigenvalue weighted by Crippen LogP contribution is -2.31. The van der Waals surface area contributed by atoms with Gasteiger partial charge in [-0.15, -0.1) is 11.8 Å². The first-order chi connectivity index (χ1) is 17.2. The molecule has 1 aliphatic heterocycles. The number of carbonyl (C=O) groups is 5. The van der Waals surface area contributed by atoms with Crippen molar-refractivity contribution in [1.29, 1.82) is 0 Å². The summed E-state index contributed by atoms with van der Waals surface area (Å²) >= 11 is 1.01. The molecule has 1 heterocycles. The quantitative estimate of drug-likeness (QED) is 0.276. The van der Waals surface area contributed by atoms with Crippen molar-refractivity contribution in [3.63, 3.8) is 0 Å². The van der Waals surface area contributed by atoms with Crippen LogP contribution in [0.25, 0.3) is 0 Å². The highest BCUT2D eigenvalue weighted by Gasteiger charge is 2.40. The molecule has 0 radical (unpaired) electrons. The van der Waals surface area contributed by atoms with Gasteiger partial charge in [0.2, 0.25) is 11.8 Å². The molecule has 1 atom stereocenters. The standard InChI is InChI=1S/C26H18FNO7S/c27-17-9-5-15(6-10-17)20(29)14-35-26(34)16-7-11-18(12-8-16)28-23(30)13-22(24(28)31)36-21-4-2-1-3-19(21)25(32)33/h1-12,22H,13-14H2,(H,32,33). The number of thioether (sulfide) groups is 1. The second-order valence-electron chi connectivity index (χ2n) is 7.73. The van der Waals surface area contributed by atoms with Gasteiger partial charge in [0.1, 0.15) is 5.82 Å². The van der Waals surface area contributed by atoms with Crippen molar-refractivity contribution in [3.05, 3.63) is 95.3 Å². The molecule has 3 aromatic rings. The van der Waals surface area contributed by atoms with E-state index in [9.17, 15) is 33.5 Å². The summed E-state index contributed by atoms with van der Waals surface area (Å²) in [5.74, 6) is -3.85. The van der Waals surface area contributed by atoms with E-state index in [4.69, 9.17) is 4.74 Å². The summed E-state index contributed by atoms with van der Waals surface area (Å²) in [5.41, 5.74) is 0.593. The van der Waals surface area contributed by atoms with E-state index < -0.39 is 47.2 Å². The smallest absolute Gasteiger partial charge is 0.338 e. The molecule has 1 aliphatic rings. The molecule has 3 aromatic carbocycles. The van der Waals surface area contributed by atoms with E-state index in [-0.39, 0.29) is 28.8 Å². The summed E-state index contributed by atoms with van der Waals surface area (Å²) in [7, 11) is 0. The molecule has 0 aliphatic carbocycles. The highest BCUT2D eigenvalue weighted by Crippen LogP contribution is 2.35. The third-order valence-electron chi connectivity index (χ3n) is 5.35. The number of ketones is 1. The molecule has 10 heteroatoms. The van der Waals surface area contributed by atoms with E-state index in [1.54, 1.807) is 18.2 Å². The van der Waals surface area contributed by atoms with Gasteiger partial charge >= 0.3 is 11.9 Å². The predicted molar refractivity (Wildman–Crippen MR) is 128 cm³/mol. The van der Waals surface area contributed by atoms with Crippen LogP contribution in [0.2, 0.25) is 0 Å². The molecule has 4 rings (SSSR count). The number of ether oxygens (including phenoxy) is 1. The topological polar surface area (TPSA) is 118 Å². The van der Waals surface area contributed by atoms with E-state index in [0.29, 0.717) is 4.90 Å². The average Bonchev–Trinajstić information content (AvgIpc) is 3.15. The number of esters is 1. The first-order valence-electron chi connectivity index (χ1n) is 10.7. The van der Waals surface area contributed by atoms with Gasteiger partial charge < -0.3 is 9.84 Å². The van der Waals surface area contributed by atoms with Crippen LogP contribution in [-0.2, 0) is 14.3 Å². The van der Waals surface area contributed by atoms with Crippen LogP contribution in [0.1, 0.15) is 37.5 Å². The largest absolute Gasteiger partial charge is 0.478 e. The number of Topliss-reactive ketones (excluding diaryl/α,β-unsaturated/α-hetero) is 1. The van der Waals surface area contributed by atoms with Crippen molar-refractivity contribution in [3.8, 4) is 0 Å². The maximum absolute atomic E-state index is 13.0. The summed E-state index contributed by atoms with van der Waals surface area (Å²) in [6.45, 7) is -0.536. The van der Waals surface area contributed by atoms with Crippen LogP contribution in [0.15, 0.2) is 77.7 Å². The molecule has 0 bridgehead atoms. The molecular weight excluding hydrogens is 489 g/mol. The van der Waals surface area contributed by atoms with Gasteiger partial charge in [-0.3, -0.25) is 14.4 Å². The molecule has 2 amide bonds. The Morgan fingerprint density at radius 1 is 0.944 bits per heavy atom. The number of carboxylic acid groups (broad SMARTS) is 1. The molecule has 8 nitrogen and oxygen atoms in total. The Labute approximate surface area is 208 Å². The number of benzene rings is 3. The molecule has 1 N–H and O–H groups in total. The minimum absolute atomic E-state index is 0.0435. The lowest BCUT2D eigenvalue weighted by atomic mass is 10.1. The number of amides is 2. The maximum Gasteiger partial charge on any atom is 0.338 e. The number of rotatable bonds is 8. The van der Waals surface area contributed by atoms with E-state index in [1.165, 1.54) is 42.5 Å². The van der Waals surface area contributed by atoms with E-state index in [0.717, 1.165) is 28.8 Å². The third kappa shape index (κ3) is 5.33. The van der Waals surface area contributed by atoms with Crippen LogP contribution < -0.4 is 4.90 Å². The zero-order valence-electron chi connectivity index (χ0n) is 18.5. The number of nitrogens with zero attached hydrogens (tertiary/aromatic N) is 1. The molecule has 1 fully saturated rings. The van der Waals surface area contributed by atoms with Crippen molar-refractivity contribution in [1.82, 2.24) is 0 Å². The lowest BCUT2D eigenvalue weighted by molar-refractivity contribution is -0.121. The summed E-state index contributed by atoms with van der Waals surface area (Å²) in [5, 5.41) is 8.56. The highest BCUT2D eigenvalue weighted by atomic mass is 32.2. The molecule has 1 unspecified atom stereocenters. The van der Waals surface area contributed by atoms with Crippen LogP contribution in [0.3, 0.4) is 0 Å². The fourth-order valence-electron chi connectivity index (χ4n) is 3.55. The molecule has 36 heavy (non-hydrogen) atoms. The normalized spacial score (nSPS) is 15.1. The molecule has 0 aromatic heterocycles. The van der Waals surface area contributed by atoms with Crippen molar-refractivity contribution in [2.45, 2.75) is 16.6 Å². The number of aromatic carboxylic acids is 1. The lowest BCUT2D eigenvalue weighted by Gasteiger charge is -2.15. The number of anilines is 1. The average molecular weight is 507 g/mol. The van der Waals surface area contributed by atoms with Gasteiger partial charge in [0.05, 0.1) is 22.1 Å². The Kier molecular flexibility index (Phi) is 7.25. The minimum Gasteiger partial charge on any atom is -0.478 e. The number of imide groups is 1. The van der Waals surface area contributed by atoms with Gasteiger partial charge in [-0.1, -0.05) is 12.1 Å². The predicted octanol–water partition coefficient (Wildman–Crippen LogP) is 3.99. The van der Waals surface area contributed by atoms with Crippen molar-refractivity contribution in [2.75, 3.05) is 11.5 Å². The molecule has 1 saturated heterocycles. The zero-order chi connectivity index (χ0) is 25.8. The van der Waals surface area contributed by atoms with Crippen LogP contribution >= 0.6 is 11.8 Å². The number of halogens is 1. The molecule has 182 valence electrons. The van der Waals surface area contributed by atoms with Gasteiger partial charge in [0, 0.05) is 16.9 Å². The van der Waals surface area contributed by atoms with Crippen molar-refractivity contribution >= 4 is 47.0 Å². The Hall–Kier alpha value is -4.31. The van der Waals surface area contributed by atoms with E-state index in [2.05, 4.69) is 0 Å². The molecular formula is C26H18FNO7S. The second kappa shape index (κ2) is 10.5. The van der Waals surface area contributed by atoms with Crippen molar-refractivity contribution < 1.29 is 38.2 Å². The molecule has 0 spiro atoms. The number of hydrogen-bond acceptors (Lipinski definition) is 7.